The summed E-state index contributed by atoms with van der Waals surface area (Å²) in [6, 6.07) is 14.4. The summed E-state index contributed by atoms with van der Waals surface area (Å²) >= 11 is 0. The Hall–Kier alpha value is -2.82. The van der Waals surface area contributed by atoms with E-state index in [1.807, 2.05) is 43.3 Å². The van der Waals surface area contributed by atoms with Crippen molar-refractivity contribution in [2.24, 2.45) is 0 Å². The Morgan fingerprint density at radius 2 is 1.93 bits per heavy atom. The standard InChI is InChI=1S/C22H25NO4/c1-16-15-17(10-11-20(16)26-2)22(25)19-9-6-13-23(19)21(24)12-14-27-18-7-4-3-5-8-18/h3-5,7-8,10-11,15,19H,6,9,12-14H2,1-2H3. The molecule has 142 valence electrons. The zero-order valence-electron chi connectivity index (χ0n) is 15.8. The van der Waals surface area contributed by atoms with E-state index in [9.17, 15) is 9.59 Å². The van der Waals surface area contributed by atoms with Crippen molar-refractivity contribution in [2.45, 2.75) is 32.2 Å². The second kappa shape index (κ2) is 8.71. The van der Waals surface area contributed by atoms with Crippen LogP contribution >= 0.6 is 0 Å². The van der Waals surface area contributed by atoms with Gasteiger partial charge in [0.05, 0.1) is 26.2 Å². The second-order valence-corrected chi connectivity index (χ2v) is 6.71. The van der Waals surface area contributed by atoms with Crippen molar-refractivity contribution in [1.82, 2.24) is 4.90 Å². The number of hydrogen-bond acceptors (Lipinski definition) is 4. The summed E-state index contributed by atoms with van der Waals surface area (Å²) in [7, 11) is 1.61. The third-order valence-corrected chi connectivity index (χ3v) is 4.88. The molecule has 0 saturated carbocycles. The lowest BCUT2D eigenvalue weighted by molar-refractivity contribution is -0.131. The molecular weight excluding hydrogens is 342 g/mol. The van der Waals surface area contributed by atoms with Gasteiger partial charge in [0.25, 0.3) is 0 Å². The van der Waals surface area contributed by atoms with Crippen LogP contribution < -0.4 is 9.47 Å². The highest BCUT2D eigenvalue weighted by Gasteiger charge is 2.34. The van der Waals surface area contributed by atoms with E-state index in [0.29, 0.717) is 25.1 Å². The van der Waals surface area contributed by atoms with Crippen molar-refractivity contribution in [3.63, 3.8) is 0 Å². The van der Waals surface area contributed by atoms with Gasteiger partial charge in [-0.2, -0.15) is 0 Å². The highest BCUT2D eigenvalue weighted by atomic mass is 16.5. The van der Waals surface area contributed by atoms with Crippen LogP contribution in [0.2, 0.25) is 0 Å². The molecule has 3 rings (SSSR count). The number of hydrogen-bond donors (Lipinski definition) is 0. The van der Waals surface area contributed by atoms with Gasteiger partial charge in [0.2, 0.25) is 5.91 Å². The Morgan fingerprint density at radius 3 is 2.63 bits per heavy atom. The van der Waals surface area contributed by atoms with Crippen LogP contribution in [0.15, 0.2) is 48.5 Å². The third kappa shape index (κ3) is 4.48. The summed E-state index contributed by atoms with van der Waals surface area (Å²) in [6.07, 6.45) is 1.81. The molecule has 1 atom stereocenters. The molecule has 0 radical (unpaired) electrons. The summed E-state index contributed by atoms with van der Waals surface area (Å²) in [4.78, 5) is 27.3. The number of carbonyl (C=O) groups is 2. The zero-order chi connectivity index (χ0) is 19.2. The predicted molar refractivity (Wildman–Crippen MR) is 103 cm³/mol. The molecule has 2 aromatic carbocycles. The summed E-state index contributed by atoms with van der Waals surface area (Å²) in [5.74, 6) is 1.46. The second-order valence-electron chi connectivity index (χ2n) is 6.71. The third-order valence-electron chi connectivity index (χ3n) is 4.88. The van der Waals surface area contributed by atoms with Gasteiger partial charge in [-0.1, -0.05) is 18.2 Å². The molecule has 27 heavy (non-hydrogen) atoms. The smallest absolute Gasteiger partial charge is 0.226 e. The maximum Gasteiger partial charge on any atom is 0.226 e. The molecule has 0 spiro atoms. The van der Waals surface area contributed by atoms with Gasteiger partial charge in [-0.15, -0.1) is 0 Å². The lowest BCUT2D eigenvalue weighted by Crippen LogP contribution is -2.41. The van der Waals surface area contributed by atoms with Gasteiger partial charge >= 0.3 is 0 Å². The van der Waals surface area contributed by atoms with Gasteiger partial charge in [-0.3, -0.25) is 9.59 Å². The van der Waals surface area contributed by atoms with E-state index in [-0.39, 0.29) is 24.2 Å². The minimum atomic E-state index is -0.387. The number of nitrogens with zero attached hydrogens (tertiary/aromatic N) is 1. The molecule has 5 heteroatoms. The van der Waals surface area contributed by atoms with Crippen LogP contribution in [0.4, 0.5) is 0 Å². The van der Waals surface area contributed by atoms with E-state index in [4.69, 9.17) is 9.47 Å². The van der Waals surface area contributed by atoms with Gasteiger partial charge in [0.1, 0.15) is 11.5 Å². The molecule has 1 aliphatic heterocycles. The average Bonchev–Trinajstić information content (AvgIpc) is 3.18. The molecule has 0 aromatic heterocycles. The molecule has 0 N–H and O–H groups in total. The highest BCUT2D eigenvalue weighted by Crippen LogP contribution is 2.25. The Balaban J connectivity index is 1.61. The molecule has 1 saturated heterocycles. The minimum absolute atomic E-state index is 0.00409. The van der Waals surface area contributed by atoms with Crippen LogP contribution in [0.3, 0.4) is 0 Å². The van der Waals surface area contributed by atoms with E-state index >= 15 is 0 Å². The van der Waals surface area contributed by atoms with Crippen molar-refractivity contribution in [2.75, 3.05) is 20.3 Å². The summed E-state index contributed by atoms with van der Waals surface area (Å²) < 4.78 is 10.9. The number of ether oxygens (including phenoxy) is 2. The molecule has 0 aliphatic carbocycles. The number of para-hydroxylation sites is 1. The van der Waals surface area contributed by atoms with E-state index in [1.165, 1.54) is 0 Å². The predicted octanol–water partition coefficient (Wildman–Crippen LogP) is 3.65. The Bertz CT molecular complexity index is 803. The number of Topliss-reactive ketones (excluding diaryl/α,β-unsaturated/α-hetero) is 1. The number of benzene rings is 2. The van der Waals surface area contributed by atoms with Crippen molar-refractivity contribution in [1.29, 1.82) is 0 Å². The molecule has 1 unspecified atom stereocenters. The maximum absolute atomic E-state index is 12.9. The fourth-order valence-corrected chi connectivity index (χ4v) is 3.48. The topological polar surface area (TPSA) is 55.8 Å². The molecule has 5 nitrogen and oxygen atoms in total. The first-order chi connectivity index (χ1) is 13.1. The van der Waals surface area contributed by atoms with E-state index in [2.05, 4.69) is 0 Å². The molecule has 0 bridgehead atoms. The highest BCUT2D eigenvalue weighted by molar-refractivity contribution is 6.02. The maximum atomic E-state index is 12.9. The van der Waals surface area contributed by atoms with Gasteiger partial charge in [0.15, 0.2) is 5.78 Å². The van der Waals surface area contributed by atoms with Gasteiger partial charge in [-0.05, 0) is 55.7 Å². The first-order valence-electron chi connectivity index (χ1n) is 9.26. The van der Waals surface area contributed by atoms with Crippen molar-refractivity contribution in [3.8, 4) is 11.5 Å². The van der Waals surface area contributed by atoms with Crippen LogP contribution in [0.5, 0.6) is 11.5 Å². The fourth-order valence-electron chi connectivity index (χ4n) is 3.48. The number of amides is 1. The van der Waals surface area contributed by atoms with Crippen molar-refractivity contribution in [3.05, 3.63) is 59.7 Å². The Kier molecular flexibility index (Phi) is 6.12. The molecule has 1 fully saturated rings. The van der Waals surface area contributed by atoms with Crippen LogP contribution in [0, 0.1) is 6.92 Å². The number of ketones is 1. The molecular formula is C22H25NO4. The Morgan fingerprint density at radius 1 is 1.15 bits per heavy atom. The quantitative estimate of drug-likeness (QED) is 0.701. The van der Waals surface area contributed by atoms with Gasteiger partial charge in [-0.25, -0.2) is 0 Å². The lowest BCUT2D eigenvalue weighted by atomic mass is 10.00. The summed E-state index contributed by atoms with van der Waals surface area (Å²) in [6.45, 7) is 2.84. The van der Waals surface area contributed by atoms with Gasteiger partial charge < -0.3 is 14.4 Å². The van der Waals surface area contributed by atoms with E-state index in [1.54, 1.807) is 24.1 Å². The normalized spacial score (nSPS) is 16.2. The zero-order valence-corrected chi connectivity index (χ0v) is 15.8. The average molecular weight is 367 g/mol. The van der Waals surface area contributed by atoms with Crippen molar-refractivity contribution < 1.29 is 19.1 Å². The molecule has 1 heterocycles. The molecule has 1 amide bonds. The van der Waals surface area contributed by atoms with Crippen LogP contribution in [0.1, 0.15) is 35.2 Å². The number of likely N-dealkylation sites (tertiary alicyclic amines) is 1. The lowest BCUT2D eigenvalue weighted by Gasteiger charge is -2.24. The monoisotopic (exact) mass is 367 g/mol. The van der Waals surface area contributed by atoms with Crippen molar-refractivity contribution >= 4 is 11.7 Å². The molecule has 2 aromatic rings. The molecule has 1 aliphatic rings. The van der Waals surface area contributed by atoms with Crippen LogP contribution in [-0.4, -0.2) is 42.9 Å². The largest absolute Gasteiger partial charge is 0.496 e. The number of rotatable bonds is 7. The first kappa shape index (κ1) is 19.0. The fraction of sp³-hybridized carbons (Fsp3) is 0.364. The van der Waals surface area contributed by atoms with E-state index in [0.717, 1.165) is 23.5 Å². The van der Waals surface area contributed by atoms with Gasteiger partial charge in [0, 0.05) is 12.1 Å². The minimum Gasteiger partial charge on any atom is -0.496 e. The number of methoxy groups -OCH3 is 1. The Labute approximate surface area is 159 Å². The summed E-state index contributed by atoms with van der Waals surface area (Å²) in [5, 5.41) is 0. The number of aryl methyl sites for hydroxylation is 1. The first-order valence-corrected chi connectivity index (χ1v) is 9.26. The van der Waals surface area contributed by atoms with Crippen LogP contribution in [0.25, 0.3) is 0 Å². The summed E-state index contributed by atoms with van der Waals surface area (Å²) in [5.41, 5.74) is 1.54. The van der Waals surface area contributed by atoms with Crippen LogP contribution in [-0.2, 0) is 4.79 Å². The number of carbonyl (C=O) groups excluding carboxylic acids is 2. The van der Waals surface area contributed by atoms with E-state index < -0.39 is 0 Å². The SMILES string of the molecule is COc1ccc(C(=O)C2CCCN2C(=O)CCOc2ccccc2)cc1C.